The number of rotatable bonds is 2. The van der Waals surface area contributed by atoms with Gasteiger partial charge < -0.3 is 0 Å². The molecule has 2 heteroatoms. The topological polar surface area (TPSA) is 29.4 Å². The van der Waals surface area contributed by atoms with E-state index in [-0.39, 0.29) is 0 Å². The first-order chi connectivity index (χ1) is 5.75. The van der Waals surface area contributed by atoms with E-state index in [0.29, 0.717) is 6.54 Å². The zero-order valence-electron chi connectivity index (χ0n) is 7.29. The molecule has 0 radical (unpaired) electrons. The number of benzene rings is 1. The maximum atomic E-state index is 9.88. The van der Waals surface area contributed by atoms with Crippen LogP contribution >= 0.6 is 0 Å². The van der Waals surface area contributed by atoms with Crippen molar-refractivity contribution in [3.05, 3.63) is 34.9 Å². The fraction of sp³-hybridized carbons (Fsp3) is 0.300. The Balaban J connectivity index is 2.99. The number of hydrogen-bond acceptors (Lipinski definition) is 2. The summed E-state index contributed by atoms with van der Waals surface area (Å²) in [5, 5.41) is 0. The highest BCUT2D eigenvalue weighted by molar-refractivity contribution is 5.37. The zero-order valence-corrected chi connectivity index (χ0v) is 7.29. The Kier molecular flexibility index (Phi) is 2.78. The Hall–Kier alpha value is -1.40. The van der Waals surface area contributed by atoms with Crippen molar-refractivity contribution < 1.29 is 4.79 Å². The molecule has 0 saturated carbocycles. The van der Waals surface area contributed by atoms with E-state index in [1.54, 1.807) is 0 Å². The molecule has 0 bridgehead atoms. The average molecular weight is 161 g/mol. The fourth-order valence-electron chi connectivity index (χ4n) is 1.10. The summed E-state index contributed by atoms with van der Waals surface area (Å²) in [4.78, 5) is 13.4. The Morgan fingerprint density at radius 3 is 2.83 bits per heavy atom. The molecule has 0 atom stereocenters. The molecule has 0 aliphatic heterocycles. The number of carbonyl (C=O) groups excluding carboxylic acids is 1. The van der Waals surface area contributed by atoms with Crippen molar-refractivity contribution in [3.63, 3.8) is 0 Å². The van der Waals surface area contributed by atoms with Gasteiger partial charge in [0.15, 0.2) is 0 Å². The van der Waals surface area contributed by atoms with Crippen molar-refractivity contribution in [1.82, 2.24) is 0 Å². The van der Waals surface area contributed by atoms with Crippen molar-refractivity contribution in [2.24, 2.45) is 4.99 Å². The van der Waals surface area contributed by atoms with E-state index in [0.717, 1.165) is 5.56 Å². The molecule has 1 aromatic carbocycles. The SMILES string of the molecule is Cc1cccc(CN=C=O)c1C. The maximum absolute atomic E-state index is 9.88. The van der Waals surface area contributed by atoms with Gasteiger partial charge in [0.2, 0.25) is 6.08 Å². The molecular formula is C10H11NO. The Morgan fingerprint density at radius 1 is 1.42 bits per heavy atom. The standard InChI is InChI=1S/C10H11NO/c1-8-4-3-5-10(9(8)2)6-11-7-12/h3-5H,6H2,1-2H3. The van der Waals surface area contributed by atoms with E-state index in [1.807, 2.05) is 32.0 Å². The van der Waals surface area contributed by atoms with E-state index in [1.165, 1.54) is 17.2 Å². The van der Waals surface area contributed by atoms with E-state index < -0.39 is 0 Å². The highest BCUT2D eigenvalue weighted by Crippen LogP contribution is 2.12. The molecule has 1 rings (SSSR count). The summed E-state index contributed by atoms with van der Waals surface area (Å²) in [7, 11) is 0. The van der Waals surface area contributed by atoms with Gasteiger partial charge in [-0.3, -0.25) is 0 Å². The largest absolute Gasteiger partial charge is 0.235 e. The third-order valence-corrected chi connectivity index (χ3v) is 2.03. The minimum Gasteiger partial charge on any atom is -0.211 e. The van der Waals surface area contributed by atoms with Crippen molar-refractivity contribution in [2.45, 2.75) is 20.4 Å². The summed E-state index contributed by atoms with van der Waals surface area (Å²) in [5.41, 5.74) is 3.53. The highest BCUT2D eigenvalue weighted by Gasteiger charge is 1.98. The second kappa shape index (κ2) is 3.84. The monoisotopic (exact) mass is 161 g/mol. The first-order valence-electron chi connectivity index (χ1n) is 3.84. The van der Waals surface area contributed by atoms with Gasteiger partial charge in [0.1, 0.15) is 0 Å². The van der Waals surface area contributed by atoms with Gasteiger partial charge in [-0.15, -0.1) is 0 Å². The zero-order chi connectivity index (χ0) is 8.97. The van der Waals surface area contributed by atoms with Gasteiger partial charge in [-0.1, -0.05) is 18.2 Å². The van der Waals surface area contributed by atoms with Crippen molar-refractivity contribution >= 4 is 6.08 Å². The van der Waals surface area contributed by atoms with Crippen LogP contribution < -0.4 is 0 Å². The lowest BCUT2D eigenvalue weighted by molar-refractivity contribution is 0.562. The van der Waals surface area contributed by atoms with Gasteiger partial charge >= 0.3 is 0 Å². The quantitative estimate of drug-likeness (QED) is 0.482. The predicted octanol–water partition coefficient (Wildman–Crippen LogP) is 2.14. The van der Waals surface area contributed by atoms with Crippen molar-refractivity contribution in [1.29, 1.82) is 0 Å². The molecule has 0 N–H and O–H groups in total. The van der Waals surface area contributed by atoms with Gasteiger partial charge in [-0.2, -0.15) is 0 Å². The number of isocyanates is 1. The summed E-state index contributed by atoms with van der Waals surface area (Å²) in [6.45, 7) is 4.52. The molecule has 0 heterocycles. The second-order valence-electron chi connectivity index (χ2n) is 2.77. The van der Waals surface area contributed by atoms with Gasteiger partial charge in [-0.05, 0) is 30.5 Å². The summed E-state index contributed by atoms with van der Waals surface area (Å²) in [6.07, 6.45) is 1.54. The summed E-state index contributed by atoms with van der Waals surface area (Å²) in [6, 6.07) is 5.99. The molecule has 1 aromatic rings. The van der Waals surface area contributed by atoms with Crippen LogP contribution in [0.1, 0.15) is 16.7 Å². The van der Waals surface area contributed by atoms with E-state index in [9.17, 15) is 4.79 Å². The molecular weight excluding hydrogens is 150 g/mol. The molecule has 0 aliphatic carbocycles. The van der Waals surface area contributed by atoms with Crippen LogP contribution in [0.4, 0.5) is 0 Å². The van der Waals surface area contributed by atoms with Gasteiger partial charge in [0.05, 0.1) is 6.54 Å². The first-order valence-corrected chi connectivity index (χ1v) is 3.84. The Bertz CT molecular complexity index is 325. The van der Waals surface area contributed by atoms with Gasteiger partial charge in [0, 0.05) is 0 Å². The van der Waals surface area contributed by atoms with Crippen LogP contribution in [-0.2, 0) is 11.3 Å². The first kappa shape index (κ1) is 8.69. The van der Waals surface area contributed by atoms with Crippen LogP contribution in [0.2, 0.25) is 0 Å². The summed E-state index contributed by atoms with van der Waals surface area (Å²) < 4.78 is 0. The van der Waals surface area contributed by atoms with Crippen LogP contribution in [0.15, 0.2) is 23.2 Å². The third kappa shape index (κ3) is 1.80. The molecule has 0 aromatic heterocycles. The molecule has 0 amide bonds. The molecule has 0 aliphatic rings. The molecule has 2 nitrogen and oxygen atoms in total. The van der Waals surface area contributed by atoms with Crippen LogP contribution in [0.5, 0.6) is 0 Å². The van der Waals surface area contributed by atoms with Crippen LogP contribution in [-0.4, -0.2) is 6.08 Å². The van der Waals surface area contributed by atoms with E-state index in [4.69, 9.17) is 0 Å². The van der Waals surface area contributed by atoms with Crippen molar-refractivity contribution in [3.8, 4) is 0 Å². The van der Waals surface area contributed by atoms with Crippen LogP contribution in [0, 0.1) is 13.8 Å². The maximum Gasteiger partial charge on any atom is 0.235 e. The number of aliphatic imine (C=N–C) groups is 1. The molecule has 0 fully saturated rings. The minimum absolute atomic E-state index is 0.441. The lowest BCUT2D eigenvalue weighted by Crippen LogP contribution is -1.89. The number of hydrogen-bond donors (Lipinski definition) is 0. The average Bonchev–Trinajstić information content (AvgIpc) is 2.08. The van der Waals surface area contributed by atoms with Gasteiger partial charge in [-0.25, -0.2) is 9.79 Å². The smallest absolute Gasteiger partial charge is 0.211 e. The normalized spacial score (nSPS) is 9.17. The van der Waals surface area contributed by atoms with E-state index in [2.05, 4.69) is 4.99 Å². The fourth-order valence-corrected chi connectivity index (χ4v) is 1.10. The Morgan fingerprint density at radius 2 is 2.17 bits per heavy atom. The Labute approximate surface area is 71.9 Å². The van der Waals surface area contributed by atoms with Crippen LogP contribution in [0.25, 0.3) is 0 Å². The summed E-state index contributed by atoms with van der Waals surface area (Å²) >= 11 is 0. The third-order valence-electron chi connectivity index (χ3n) is 2.03. The minimum atomic E-state index is 0.441. The second-order valence-corrected chi connectivity index (χ2v) is 2.77. The highest BCUT2D eigenvalue weighted by atomic mass is 16.1. The van der Waals surface area contributed by atoms with E-state index >= 15 is 0 Å². The number of nitrogens with zero attached hydrogens (tertiary/aromatic N) is 1. The molecule has 62 valence electrons. The summed E-state index contributed by atoms with van der Waals surface area (Å²) in [5.74, 6) is 0. The lowest BCUT2D eigenvalue weighted by Gasteiger charge is -2.03. The number of aryl methyl sites for hydroxylation is 1. The molecule has 0 unspecified atom stereocenters. The van der Waals surface area contributed by atoms with Crippen LogP contribution in [0.3, 0.4) is 0 Å². The predicted molar refractivity (Wildman–Crippen MR) is 47.7 cm³/mol. The molecule has 12 heavy (non-hydrogen) atoms. The van der Waals surface area contributed by atoms with Gasteiger partial charge in [0.25, 0.3) is 0 Å². The lowest BCUT2D eigenvalue weighted by atomic mass is 10.0. The molecule has 0 saturated heterocycles. The molecule has 0 spiro atoms. The van der Waals surface area contributed by atoms with Crippen molar-refractivity contribution in [2.75, 3.05) is 0 Å².